The number of anilines is 1. The number of phenolic OH excluding ortho intramolecular Hbond substituents is 1. The number of fused-ring (bicyclic) bond motifs is 1. The number of allylic oxidation sites excluding steroid dienone is 2. The van der Waals surface area contributed by atoms with E-state index in [1.165, 1.54) is 12.1 Å². The molecule has 0 bridgehead atoms. The van der Waals surface area contributed by atoms with Gasteiger partial charge in [-0.15, -0.1) is 0 Å². The molecular formula is C23H25FN2O3. The fraction of sp³-hybridized carbons (Fsp3) is 0.348. The standard InChI is InChI=1S/C23H25FN2O3/c1-14(2)22-21(28)20-15(3)12-19(27)18(23(20)29-22)13-25-8-10-26(11-9-25)17-6-4-16(24)5-7-17/h4-7,12,27H,8-11,13H2,1-3H3. The summed E-state index contributed by atoms with van der Waals surface area (Å²) < 4.78 is 19.1. The summed E-state index contributed by atoms with van der Waals surface area (Å²) in [5.41, 5.74) is 3.77. The number of benzene rings is 2. The van der Waals surface area contributed by atoms with Gasteiger partial charge in [0.2, 0.25) is 5.78 Å². The molecule has 2 aliphatic heterocycles. The van der Waals surface area contributed by atoms with Crippen molar-refractivity contribution in [1.82, 2.24) is 4.90 Å². The maximum absolute atomic E-state index is 13.1. The van der Waals surface area contributed by atoms with Gasteiger partial charge in [0.05, 0.1) is 11.1 Å². The monoisotopic (exact) mass is 396 g/mol. The summed E-state index contributed by atoms with van der Waals surface area (Å²) in [6, 6.07) is 8.20. The van der Waals surface area contributed by atoms with Gasteiger partial charge in [0.1, 0.15) is 17.3 Å². The average molecular weight is 396 g/mol. The van der Waals surface area contributed by atoms with Crippen molar-refractivity contribution in [3.63, 3.8) is 0 Å². The minimum absolute atomic E-state index is 0.111. The quantitative estimate of drug-likeness (QED) is 0.794. The van der Waals surface area contributed by atoms with E-state index in [-0.39, 0.29) is 17.3 Å². The molecule has 0 aromatic heterocycles. The predicted octanol–water partition coefficient (Wildman–Crippen LogP) is 4.03. The van der Waals surface area contributed by atoms with Gasteiger partial charge in [0.25, 0.3) is 0 Å². The van der Waals surface area contributed by atoms with Gasteiger partial charge in [0.15, 0.2) is 5.76 Å². The zero-order chi connectivity index (χ0) is 20.7. The van der Waals surface area contributed by atoms with Crippen LogP contribution in [-0.4, -0.2) is 42.0 Å². The second kappa shape index (κ2) is 7.52. The largest absolute Gasteiger partial charge is 0.507 e. The van der Waals surface area contributed by atoms with Crippen molar-refractivity contribution in [2.45, 2.75) is 27.3 Å². The predicted molar refractivity (Wildman–Crippen MR) is 110 cm³/mol. The van der Waals surface area contributed by atoms with Gasteiger partial charge in [-0.25, -0.2) is 4.39 Å². The van der Waals surface area contributed by atoms with Crippen molar-refractivity contribution in [3.8, 4) is 11.5 Å². The van der Waals surface area contributed by atoms with Gasteiger partial charge < -0.3 is 14.7 Å². The summed E-state index contributed by atoms with van der Waals surface area (Å²) in [7, 11) is 0. The lowest BCUT2D eigenvalue weighted by atomic mass is 9.98. The average Bonchev–Trinajstić information content (AvgIpc) is 3.04. The number of nitrogens with zero attached hydrogens (tertiary/aromatic N) is 2. The number of ether oxygens (including phenoxy) is 1. The van der Waals surface area contributed by atoms with Crippen LogP contribution in [0.25, 0.3) is 0 Å². The molecule has 2 aliphatic rings. The Morgan fingerprint density at radius 3 is 2.41 bits per heavy atom. The van der Waals surface area contributed by atoms with Gasteiger partial charge in [-0.1, -0.05) is 0 Å². The maximum Gasteiger partial charge on any atom is 0.232 e. The second-order valence-electron chi connectivity index (χ2n) is 7.90. The van der Waals surface area contributed by atoms with Gasteiger partial charge in [0, 0.05) is 38.4 Å². The Bertz CT molecular complexity index is 986. The molecule has 4 rings (SSSR count). The Balaban J connectivity index is 1.52. The number of ketones is 1. The van der Waals surface area contributed by atoms with Gasteiger partial charge in [-0.3, -0.25) is 9.69 Å². The Kier molecular flexibility index (Phi) is 5.04. The molecule has 0 aliphatic carbocycles. The zero-order valence-electron chi connectivity index (χ0n) is 17.0. The number of halogens is 1. The number of Topliss-reactive ketones (excluding diaryl/α,β-unsaturated/α-hetero) is 1. The normalized spacial score (nSPS) is 16.8. The van der Waals surface area contributed by atoms with E-state index < -0.39 is 0 Å². The molecule has 0 radical (unpaired) electrons. The smallest absolute Gasteiger partial charge is 0.232 e. The number of aromatic hydroxyl groups is 1. The first-order chi connectivity index (χ1) is 13.8. The molecule has 2 aromatic carbocycles. The van der Waals surface area contributed by atoms with E-state index in [1.54, 1.807) is 18.2 Å². The van der Waals surface area contributed by atoms with Crippen LogP contribution < -0.4 is 9.64 Å². The van der Waals surface area contributed by atoms with Gasteiger partial charge in [-0.2, -0.15) is 0 Å². The lowest BCUT2D eigenvalue weighted by Crippen LogP contribution is -2.46. The summed E-state index contributed by atoms with van der Waals surface area (Å²) in [5, 5.41) is 10.6. The number of rotatable bonds is 3. The van der Waals surface area contributed by atoms with Crippen LogP contribution in [0.1, 0.15) is 35.3 Å². The fourth-order valence-corrected chi connectivity index (χ4v) is 3.99. The minimum Gasteiger partial charge on any atom is -0.507 e. The van der Waals surface area contributed by atoms with E-state index in [0.29, 0.717) is 29.2 Å². The third-order valence-electron chi connectivity index (χ3n) is 5.60. The van der Waals surface area contributed by atoms with Crippen LogP contribution in [0.4, 0.5) is 10.1 Å². The summed E-state index contributed by atoms with van der Waals surface area (Å²) in [5.74, 6) is 0.659. The molecule has 1 N–H and O–H groups in total. The first kappa shape index (κ1) is 19.5. The van der Waals surface area contributed by atoms with E-state index in [0.717, 1.165) is 43.0 Å². The number of hydrogen-bond donors (Lipinski definition) is 1. The molecule has 2 aromatic rings. The van der Waals surface area contributed by atoms with Crippen LogP contribution in [0.15, 0.2) is 41.7 Å². The number of phenols is 1. The summed E-state index contributed by atoms with van der Waals surface area (Å²) in [4.78, 5) is 17.2. The van der Waals surface area contributed by atoms with Gasteiger partial charge >= 0.3 is 0 Å². The molecule has 0 unspecified atom stereocenters. The first-order valence-corrected chi connectivity index (χ1v) is 9.83. The second-order valence-corrected chi connectivity index (χ2v) is 7.90. The zero-order valence-corrected chi connectivity index (χ0v) is 17.0. The number of aryl methyl sites for hydroxylation is 1. The molecular weight excluding hydrogens is 371 g/mol. The van der Waals surface area contributed by atoms with E-state index >= 15 is 0 Å². The van der Waals surface area contributed by atoms with Crippen LogP contribution >= 0.6 is 0 Å². The molecule has 6 heteroatoms. The molecule has 1 saturated heterocycles. The molecule has 0 saturated carbocycles. The maximum atomic E-state index is 13.1. The summed E-state index contributed by atoms with van der Waals surface area (Å²) in [6.07, 6.45) is 0. The van der Waals surface area contributed by atoms with Crippen LogP contribution in [0.5, 0.6) is 11.5 Å². The van der Waals surface area contributed by atoms with Crippen molar-refractivity contribution in [2.24, 2.45) is 0 Å². The third-order valence-corrected chi connectivity index (χ3v) is 5.60. The third kappa shape index (κ3) is 3.60. The lowest BCUT2D eigenvalue weighted by Gasteiger charge is -2.36. The van der Waals surface area contributed by atoms with Crippen LogP contribution in [0.3, 0.4) is 0 Å². The number of carbonyl (C=O) groups excluding carboxylic acids is 1. The van der Waals surface area contributed by atoms with Crippen molar-refractivity contribution in [3.05, 3.63) is 64.2 Å². The van der Waals surface area contributed by atoms with E-state index in [2.05, 4.69) is 9.80 Å². The summed E-state index contributed by atoms with van der Waals surface area (Å²) in [6.45, 7) is 9.23. The summed E-state index contributed by atoms with van der Waals surface area (Å²) >= 11 is 0. The molecule has 29 heavy (non-hydrogen) atoms. The van der Waals surface area contributed by atoms with Crippen molar-refractivity contribution in [2.75, 3.05) is 31.1 Å². The van der Waals surface area contributed by atoms with Crippen molar-refractivity contribution in [1.29, 1.82) is 0 Å². The number of piperazine rings is 1. The van der Waals surface area contributed by atoms with Crippen molar-refractivity contribution < 1.29 is 19.0 Å². The fourth-order valence-electron chi connectivity index (χ4n) is 3.99. The van der Waals surface area contributed by atoms with Gasteiger partial charge in [-0.05, 0) is 62.2 Å². The molecule has 0 spiro atoms. The molecule has 2 heterocycles. The molecule has 0 amide bonds. The molecule has 152 valence electrons. The molecule has 0 atom stereocenters. The Labute approximate surface area is 170 Å². The highest BCUT2D eigenvalue weighted by Gasteiger charge is 2.34. The Morgan fingerprint density at radius 1 is 1.14 bits per heavy atom. The Hall–Kier alpha value is -2.86. The first-order valence-electron chi connectivity index (χ1n) is 9.83. The minimum atomic E-state index is -0.235. The van der Waals surface area contributed by atoms with E-state index in [9.17, 15) is 14.3 Å². The van der Waals surface area contributed by atoms with E-state index in [1.807, 2.05) is 20.8 Å². The van der Waals surface area contributed by atoms with Crippen LogP contribution in [-0.2, 0) is 6.54 Å². The topological polar surface area (TPSA) is 53.0 Å². The van der Waals surface area contributed by atoms with Crippen LogP contribution in [0.2, 0.25) is 0 Å². The number of carbonyl (C=O) groups is 1. The van der Waals surface area contributed by atoms with Crippen LogP contribution in [0, 0.1) is 12.7 Å². The highest BCUT2D eigenvalue weighted by molar-refractivity contribution is 6.14. The Morgan fingerprint density at radius 2 is 1.79 bits per heavy atom. The van der Waals surface area contributed by atoms with Crippen molar-refractivity contribution >= 4 is 11.5 Å². The SMILES string of the molecule is CC(C)=C1Oc2c(CN3CCN(c4ccc(F)cc4)CC3)c(O)cc(C)c2C1=O. The van der Waals surface area contributed by atoms with E-state index in [4.69, 9.17) is 4.74 Å². The highest BCUT2D eigenvalue weighted by atomic mass is 19.1. The lowest BCUT2D eigenvalue weighted by molar-refractivity contribution is 0.101. The number of hydrogen-bond acceptors (Lipinski definition) is 5. The highest BCUT2D eigenvalue weighted by Crippen LogP contribution is 2.42. The molecule has 1 fully saturated rings. The molecule has 5 nitrogen and oxygen atoms in total.